The van der Waals surface area contributed by atoms with E-state index in [2.05, 4.69) is 15.8 Å². The lowest BCUT2D eigenvalue weighted by molar-refractivity contribution is -0.136. The second kappa shape index (κ2) is 9.01. The van der Waals surface area contributed by atoms with E-state index in [4.69, 9.17) is 0 Å². The van der Waals surface area contributed by atoms with Crippen molar-refractivity contribution in [1.29, 1.82) is 0 Å². The van der Waals surface area contributed by atoms with E-state index in [1.807, 2.05) is 56.3 Å². The molecule has 0 radical (unpaired) electrons. The van der Waals surface area contributed by atoms with Gasteiger partial charge in [-0.3, -0.25) is 9.59 Å². The van der Waals surface area contributed by atoms with E-state index in [-0.39, 0.29) is 5.75 Å². The van der Waals surface area contributed by atoms with Gasteiger partial charge in [0, 0.05) is 11.3 Å². The fraction of sp³-hybridized carbons (Fsp3) is 0.174. The molecule has 2 amide bonds. The first-order valence-corrected chi connectivity index (χ1v) is 9.51. The zero-order valence-electron chi connectivity index (χ0n) is 16.4. The van der Waals surface area contributed by atoms with Gasteiger partial charge in [0.25, 0.3) is 0 Å². The number of para-hydroxylation sites is 1. The second-order valence-electron chi connectivity index (χ2n) is 6.53. The maximum atomic E-state index is 12.3. The molecule has 29 heavy (non-hydrogen) atoms. The van der Waals surface area contributed by atoms with E-state index in [0.717, 1.165) is 34.7 Å². The molecule has 0 fully saturated rings. The molecule has 0 aliphatic rings. The Kier molecular flexibility index (Phi) is 6.24. The van der Waals surface area contributed by atoms with E-state index in [0.29, 0.717) is 11.3 Å². The zero-order chi connectivity index (χ0) is 20.8. The number of benzene rings is 3. The van der Waals surface area contributed by atoms with Crippen LogP contribution in [0.2, 0.25) is 0 Å². The van der Waals surface area contributed by atoms with Crippen molar-refractivity contribution in [2.75, 3.05) is 5.32 Å². The molecule has 3 aromatic carbocycles. The number of nitrogens with one attached hydrogen (secondary N) is 2. The minimum absolute atomic E-state index is 0.0376. The van der Waals surface area contributed by atoms with Gasteiger partial charge < -0.3 is 10.4 Å². The molecule has 0 atom stereocenters. The van der Waals surface area contributed by atoms with Crippen molar-refractivity contribution >= 4 is 34.5 Å². The summed E-state index contributed by atoms with van der Waals surface area (Å²) in [6, 6.07) is 16.6. The Balaban J connectivity index is 1.74. The van der Waals surface area contributed by atoms with Gasteiger partial charge >= 0.3 is 11.8 Å². The van der Waals surface area contributed by atoms with E-state index in [1.54, 1.807) is 12.1 Å². The Bertz CT molecular complexity index is 1070. The quantitative estimate of drug-likeness (QED) is 0.352. The van der Waals surface area contributed by atoms with Gasteiger partial charge in [0.05, 0.1) is 6.21 Å². The number of rotatable bonds is 5. The summed E-state index contributed by atoms with van der Waals surface area (Å²) >= 11 is 0. The smallest absolute Gasteiger partial charge is 0.329 e. The first-order valence-electron chi connectivity index (χ1n) is 9.51. The molecular weight excluding hydrogens is 366 g/mol. The minimum Gasteiger partial charge on any atom is -0.507 e. The van der Waals surface area contributed by atoms with Crippen LogP contribution >= 0.6 is 0 Å². The van der Waals surface area contributed by atoms with E-state index < -0.39 is 11.8 Å². The second-order valence-corrected chi connectivity index (χ2v) is 6.53. The van der Waals surface area contributed by atoms with Crippen molar-refractivity contribution in [3.63, 3.8) is 0 Å². The first kappa shape index (κ1) is 20.1. The SMILES string of the molecule is CCc1cccc(CC)c1NC(=O)C(=O)N/N=C/c1c(O)ccc2ccccc12. The molecular formula is C23H23N3O3. The van der Waals surface area contributed by atoms with Crippen molar-refractivity contribution in [3.05, 3.63) is 71.3 Å². The number of hydrogen-bond donors (Lipinski definition) is 3. The molecule has 0 saturated heterocycles. The van der Waals surface area contributed by atoms with E-state index >= 15 is 0 Å². The van der Waals surface area contributed by atoms with Gasteiger partial charge in [-0.25, -0.2) is 5.43 Å². The van der Waals surface area contributed by atoms with Crippen LogP contribution in [0.5, 0.6) is 5.75 Å². The van der Waals surface area contributed by atoms with Crippen LogP contribution in [0, 0.1) is 0 Å². The number of hydrazone groups is 1. The van der Waals surface area contributed by atoms with E-state index in [9.17, 15) is 14.7 Å². The van der Waals surface area contributed by atoms with Crippen LogP contribution in [0.25, 0.3) is 10.8 Å². The molecule has 0 bridgehead atoms. The van der Waals surface area contributed by atoms with Gasteiger partial charge in [-0.15, -0.1) is 0 Å². The Morgan fingerprint density at radius 1 is 0.931 bits per heavy atom. The number of carbonyl (C=O) groups excluding carboxylic acids is 2. The third-order valence-corrected chi connectivity index (χ3v) is 4.75. The van der Waals surface area contributed by atoms with Gasteiger partial charge in [-0.1, -0.05) is 62.4 Å². The van der Waals surface area contributed by atoms with Crippen molar-refractivity contribution in [1.82, 2.24) is 5.43 Å². The highest BCUT2D eigenvalue weighted by Gasteiger charge is 2.16. The number of anilines is 1. The summed E-state index contributed by atoms with van der Waals surface area (Å²) < 4.78 is 0. The average molecular weight is 389 g/mol. The Morgan fingerprint density at radius 3 is 2.31 bits per heavy atom. The number of nitrogens with zero attached hydrogens (tertiary/aromatic N) is 1. The monoisotopic (exact) mass is 389 g/mol. The largest absolute Gasteiger partial charge is 0.507 e. The Labute approximate surface area is 169 Å². The average Bonchev–Trinajstić information content (AvgIpc) is 2.75. The molecule has 0 aliphatic heterocycles. The van der Waals surface area contributed by atoms with Gasteiger partial charge in [0.2, 0.25) is 0 Å². The van der Waals surface area contributed by atoms with Crippen LogP contribution < -0.4 is 10.7 Å². The molecule has 0 unspecified atom stereocenters. The van der Waals surface area contributed by atoms with Crippen LogP contribution in [0.1, 0.15) is 30.5 Å². The number of carbonyl (C=O) groups is 2. The lowest BCUT2D eigenvalue weighted by Crippen LogP contribution is -2.33. The van der Waals surface area contributed by atoms with Gasteiger partial charge in [-0.05, 0) is 40.8 Å². The number of phenolic OH excluding ortho intramolecular Hbond substituents is 1. The van der Waals surface area contributed by atoms with E-state index in [1.165, 1.54) is 6.21 Å². The molecule has 0 aliphatic carbocycles. The molecule has 0 spiro atoms. The van der Waals surface area contributed by atoms with Crippen LogP contribution in [-0.4, -0.2) is 23.1 Å². The van der Waals surface area contributed by atoms with Crippen LogP contribution in [-0.2, 0) is 22.4 Å². The number of amides is 2. The Hall–Kier alpha value is -3.67. The fourth-order valence-electron chi connectivity index (χ4n) is 3.20. The van der Waals surface area contributed by atoms with Crippen molar-refractivity contribution in [3.8, 4) is 5.75 Å². The molecule has 6 nitrogen and oxygen atoms in total. The zero-order valence-corrected chi connectivity index (χ0v) is 16.4. The van der Waals surface area contributed by atoms with Gasteiger partial charge in [-0.2, -0.15) is 5.10 Å². The molecule has 3 rings (SSSR count). The lowest BCUT2D eigenvalue weighted by Gasteiger charge is -2.13. The summed E-state index contributed by atoms with van der Waals surface area (Å²) in [5, 5.41) is 18.4. The normalized spacial score (nSPS) is 11.0. The maximum absolute atomic E-state index is 12.3. The molecule has 0 heterocycles. The summed E-state index contributed by atoms with van der Waals surface area (Å²) in [5.41, 5.74) is 5.30. The third-order valence-electron chi connectivity index (χ3n) is 4.75. The highest BCUT2D eigenvalue weighted by atomic mass is 16.3. The predicted octanol–water partition coefficient (Wildman–Crippen LogP) is 3.76. The summed E-state index contributed by atoms with van der Waals surface area (Å²) in [7, 11) is 0. The summed E-state index contributed by atoms with van der Waals surface area (Å²) in [4.78, 5) is 24.5. The van der Waals surface area contributed by atoms with Crippen LogP contribution in [0.3, 0.4) is 0 Å². The summed E-state index contributed by atoms with van der Waals surface area (Å²) in [5.74, 6) is -1.63. The molecule has 0 saturated carbocycles. The number of hydrogen-bond acceptors (Lipinski definition) is 4. The number of aryl methyl sites for hydroxylation is 2. The number of phenols is 1. The van der Waals surface area contributed by atoms with Crippen molar-refractivity contribution in [2.45, 2.75) is 26.7 Å². The predicted molar refractivity (Wildman–Crippen MR) is 115 cm³/mol. The molecule has 6 heteroatoms. The van der Waals surface area contributed by atoms with Crippen LogP contribution in [0.15, 0.2) is 59.7 Å². The first-order chi connectivity index (χ1) is 14.0. The van der Waals surface area contributed by atoms with Gasteiger partial charge in [0.15, 0.2) is 0 Å². The van der Waals surface area contributed by atoms with Crippen LogP contribution in [0.4, 0.5) is 5.69 Å². The molecule has 148 valence electrons. The highest BCUT2D eigenvalue weighted by molar-refractivity contribution is 6.39. The molecule has 3 N–H and O–H groups in total. The Morgan fingerprint density at radius 2 is 1.62 bits per heavy atom. The maximum Gasteiger partial charge on any atom is 0.329 e. The highest BCUT2D eigenvalue weighted by Crippen LogP contribution is 2.25. The van der Waals surface area contributed by atoms with Gasteiger partial charge in [0.1, 0.15) is 5.75 Å². The van der Waals surface area contributed by atoms with Crippen molar-refractivity contribution < 1.29 is 14.7 Å². The topological polar surface area (TPSA) is 90.8 Å². The molecule has 0 aromatic heterocycles. The lowest BCUT2D eigenvalue weighted by atomic mass is 10.0. The summed E-state index contributed by atoms with van der Waals surface area (Å²) in [6.07, 6.45) is 2.81. The summed E-state index contributed by atoms with van der Waals surface area (Å²) in [6.45, 7) is 3.98. The third kappa shape index (κ3) is 4.43. The standard InChI is InChI=1S/C23H23N3O3/c1-3-15-9-7-10-16(4-2)21(15)25-22(28)23(29)26-24-14-19-18-11-6-5-8-17(18)12-13-20(19)27/h5-14,27H,3-4H2,1-2H3,(H,25,28)(H,26,29)/b24-14+. The number of aromatic hydroxyl groups is 1. The fourth-order valence-corrected chi connectivity index (χ4v) is 3.20. The molecule has 3 aromatic rings. The van der Waals surface area contributed by atoms with Crippen molar-refractivity contribution in [2.24, 2.45) is 5.10 Å². The number of fused-ring (bicyclic) bond motifs is 1. The minimum atomic E-state index is -0.881.